The minimum Gasteiger partial charge on any atom is -0.462 e. The number of hydrogen-bond acceptors (Lipinski definition) is 4. The second-order valence-corrected chi connectivity index (χ2v) is 6.99. The summed E-state index contributed by atoms with van der Waals surface area (Å²) in [4.78, 5) is 39.1. The molecule has 0 spiro atoms. The molecule has 0 radical (unpaired) electrons. The molecule has 2 amide bonds. The maximum absolute atomic E-state index is 13.1. The van der Waals surface area contributed by atoms with Crippen LogP contribution < -0.4 is 4.90 Å². The summed E-state index contributed by atoms with van der Waals surface area (Å²) >= 11 is 3.42. The number of anilines is 1. The molecule has 0 saturated carbocycles. The van der Waals surface area contributed by atoms with Gasteiger partial charge in [-0.1, -0.05) is 28.1 Å². The van der Waals surface area contributed by atoms with Gasteiger partial charge in [-0.3, -0.25) is 9.59 Å². The minimum atomic E-state index is -0.445. The molecule has 1 aliphatic rings. The second kappa shape index (κ2) is 6.63. The molecule has 0 atom stereocenters. The fourth-order valence-corrected chi connectivity index (χ4v) is 3.74. The van der Waals surface area contributed by atoms with Crippen molar-refractivity contribution < 1.29 is 19.1 Å². The first-order chi connectivity index (χ1) is 13.0. The largest absolute Gasteiger partial charge is 0.462 e. The highest BCUT2D eigenvalue weighted by atomic mass is 79.9. The Morgan fingerprint density at radius 1 is 1.00 bits per heavy atom. The van der Waals surface area contributed by atoms with Crippen LogP contribution in [0.1, 0.15) is 38.0 Å². The minimum absolute atomic E-state index is 0.277. The Balaban J connectivity index is 1.81. The second-order valence-electron chi connectivity index (χ2n) is 6.07. The molecule has 4 rings (SSSR count). The summed E-state index contributed by atoms with van der Waals surface area (Å²) < 4.78 is 5.73. The van der Waals surface area contributed by atoms with Gasteiger partial charge in [0.1, 0.15) is 0 Å². The molecule has 3 aromatic carbocycles. The van der Waals surface area contributed by atoms with E-state index >= 15 is 0 Å². The summed E-state index contributed by atoms with van der Waals surface area (Å²) in [5.74, 6) is -1.22. The highest BCUT2D eigenvalue weighted by Crippen LogP contribution is 2.34. The number of amides is 2. The van der Waals surface area contributed by atoms with Crippen molar-refractivity contribution in [1.82, 2.24) is 0 Å². The van der Waals surface area contributed by atoms with Gasteiger partial charge in [0.15, 0.2) is 0 Å². The molecule has 0 N–H and O–H groups in total. The first kappa shape index (κ1) is 17.4. The maximum Gasteiger partial charge on any atom is 0.338 e. The lowest BCUT2D eigenvalue weighted by molar-refractivity contribution is 0.0526. The Bertz CT molecular complexity index is 1110. The first-order valence-electron chi connectivity index (χ1n) is 8.39. The van der Waals surface area contributed by atoms with E-state index in [-0.39, 0.29) is 12.5 Å². The van der Waals surface area contributed by atoms with E-state index in [9.17, 15) is 14.4 Å². The zero-order chi connectivity index (χ0) is 19.1. The third kappa shape index (κ3) is 2.82. The molecular weight excluding hydrogens is 410 g/mol. The monoisotopic (exact) mass is 423 g/mol. The van der Waals surface area contributed by atoms with Crippen LogP contribution in [0.25, 0.3) is 10.8 Å². The Kier molecular flexibility index (Phi) is 4.28. The van der Waals surface area contributed by atoms with E-state index in [1.807, 2.05) is 12.1 Å². The highest BCUT2D eigenvalue weighted by Gasteiger charge is 2.34. The van der Waals surface area contributed by atoms with Gasteiger partial charge in [-0.2, -0.15) is 0 Å². The van der Waals surface area contributed by atoms with Crippen LogP contribution in [0.5, 0.6) is 0 Å². The van der Waals surface area contributed by atoms with E-state index in [0.29, 0.717) is 27.8 Å². The van der Waals surface area contributed by atoms with Crippen molar-refractivity contribution in [3.05, 3.63) is 75.8 Å². The van der Waals surface area contributed by atoms with Crippen LogP contribution in [0.4, 0.5) is 5.69 Å². The molecule has 5 nitrogen and oxygen atoms in total. The molecule has 0 unspecified atom stereocenters. The first-order valence-corrected chi connectivity index (χ1v) is 9.19. The van der Waals surface area contributed by atoms with Crippen LogP contribution in [0.3, 0.4) is 0 Å². The summed E-state index contributed by atoms with van der Waals surface area (Å²) in [6, 6.07) is 15.2. The van der Waals surface area contributed by atoms with Crippen molar-refractivity contribution >= 4 is 50.2 Å². The number of nitrogens with zero attached hydrogens (tertiary/aromatic N) is 1. The van der Waals surface area contributed by atoms with Gasteiger partial charge in [0.2, 0.25) is 0 Å². The van der Waals surface area contributed by atoms with Crippen LogP contribution in [0.15, 0.2) is 59.1 Å². The van der Waals surface area contributed by atoms with Gasteiger partial charge in [0.05, 0.1) is 23.4 Å². The molecule has 1 heterocycles. The number of carbonyl (C=O) groups excluding carboxylic acids is 3. The standard InChI is InChI=1S/C21H14BrNO4/c1-2-27-21(26)12-6-8-15(9-7-12)23-19(24)16-5-3-4-13-10-14(22)11-17(18(13)16)20(23)25/h3-11H,2H2,1H3. The van der Waals surface area contributed by atoms with Gasteiger partial charge in [-0.25, -0.2) is 9.69 Å². The molecule has 6 heteroatoms. The Hall–Kier alpha value is -2.99. The van der Waals surface area contributed by atoms with Crippen molar-refractivity contribution in [3.8, 4) is 0 Å². The topological polar surface area (TPSA) is 63.7 Å². The molecule has 1 aliphatic heterocycles. The summed E-state index contributed by atoms with van der Waals surface area (Å²) in [7, 11) is 0. The van der Waals surface area contributed by atoms with Crippen LogP contribution >= 0.6 is 15.9 Å². The van der Waals surface area contributed by atoms with Gasteiger partial charge < -0.3 is 4.74 Å². The van der Waals surface area contributed by atoms with Gasteiger partial charge in [0.25, 0.3) is 11.8 Å². The smallest absolute Gasteiger partial charge is 0.338 e. The van der Waals surface area contributed by atoms with Gasteiger partial charge >= 0.3 is 5.97 Å². The van der Waals surface area contributed by atoms with Crippen molar-refractivity contribution in [3.63, 3.8) is 0 Å². The van der Waals surface area contributed by atoms with Crippen molar-refractivity contribution in [1.29, 1.82) is 0 Å². The lowest BCUT2D eigenvalue weighted by Gasteiger charge is -2.27. The molecule has 0 aliphatic carbocycles. The third-order valence-electron chi connectivity index (χ3n) is 4.45. The number of esters is 1. The number of ether oxygens (including phenoxy) is 1. The van der Waals surface area contributed by atoms with E-state index < -0.39 is 11.9 Å². The van der Waals surface area contributed by atoms with Crippen LogP contribution in [0, 0.1) is 0 Å². The van der Waals surface area contributed by atoms with Gasteiger partial charge in [-0.15, -0.1) is 0 Å². The predicted octanol–water partition coefficient (Wildman–Crippen LogP) is 4.58. The molecule has 0 bridgehead atoms. The number of rotatable bonds is 3. The predicted molar refractivity (Wildman–Crippen MR) is 105 cm³/mol. The summed E-state index contributed by atoms with van der Waals surface area (Å²) in [5, 5.41) is 1.49. The molecule has 134 valence electrons. The van der Waals surface area contributed by atoms with Crippen molar-refractivity contribution in [2.24, 2.45) is 0 Å². The third-order valence-corrected chi connectivity index (χ3v) is 4.90. The van der Waals surface area contributed by atoms with Crippen LogP contribution in [0.2, 0.25) is 0 Å². The lowest BCUT2D eigenvalue weighted by atomic mass is 9.93. The van der Waals surface area contributed by atoms with Crippen molar-refractivity contribution in [2.45, 2.75) is 6.92 Å². The Morgan fingerprint density at radius 2 is 1.70 bits per heavy atom. The zero-order valence-electron chi connectivity index (χ0n) is 14.4. The molecule has 0 fully saturated rings. The van der Waals surface area contributed by atoms with Crippen molar-refractivity contribution in [2.75, 3.05) is 11.5 Å². The van der Waals surface area contributed by atoms with E-state index in [2.05, 4.69) is 15.9 Å². The Morgan fingerprint density at radius 3 is 2.41 bits per heavy atom. The maximum atomic E-state index is 13.1. The SMILES string of the molecule is CCOC(=O)c1ccc(N2C(=O)c3cccc4cc(Br)cc(c34)C2=O)cc1. The van der Waals surface area contributed by atoms with Crippen LogP contribution in [-0.4, -0.2) is 24.4 Å². The van der Waals surface area contributed by atoms with Gasteiger partial charge in [0, 0.05) is 15.4 Å². The van der Waals surface area contributed by atoms with E-state index in [4.69, 9.17) is 4.74 Å². The number of halogens is 1. The number of hydrogen-bond donors (Lipinski definition) is 0. The molecule has 27 heavy (non-hydrogen) atoms. The lowest BCUT2D eigenvalue weighted by Crippen LogP contribution is -2.40. The Labute approximate surface area is 163 Å². The molecule has 3 aromatic rings. The molecular formula is C21H14BrNO4. The van der Waals surface area contributed by atoms with E-state index in [1.165, 1.54) is 0 Å². The normalized spacial score (nSPS) is 13.2. The molecule has 0 saturated heterocycles. The van der Waals surface area contributed by atoms with Crippen LogP contribution in [-0.2, 0) is 4.74 Å². The summed E-state index contributed by atoms with van der Waals surface area (Å²) in [6.45, 7) is 2.01. The number of benzene rings is 3. The quantitative estimate of drug-likeness (QED) is 0.456. The highest BCUT2D eigenvalue weighted by molar-refractivity contribution is 9.10. The number of imide groups is 1. The molecule has 0 aromatic heterocycles. The van der Waals surface area contributed by atoms with E-state index in [0.717, 1.165) is 14.8 Å². The average molecular weight is 424 g/mol. The number of carbonyl (C=O) groups is 3. The fraction of sp³-hybridized carbons (Fsp3) is 0.0952. The van der Waals surface area contributed by atoms with Gasteiger partial charge in [-0.05, 0) is 54.8 Å². The fourth-order valence-electron chi connectivity index (χ4n) is 3.27. The zero-order valence-corrected chi connectivity index (χ0v) is 15.9. The van der Waals surface area contributed by atoms with E-state index in [1.54, 1.807) is 49.4 Å². The summed E-state index contributed by atoms with van der Waals surface area (Å²) in [6.07, 6.45) is 0. The summed E-state index contributed by atoms with van der Waals surface area (Å²) in [5.41, 5.74) is 1.71. The average Bonchev–Trinajstić information content (AvgIpc) is 2.66.